The average Bonchev–Trinajstić information content (AvgIpc) is 3.54. The number of carbonyl (C=O) groups excluding carboxylic acids is 2. The molecule has 86 heavy (non-hydrogen) atoms. The van der Waals surface area contributed by atoms with Gasteiger partial charge in [-0.05, 0) is 77.0 Å². The number of amides is 1. The predicted molar refractivity (Wildman–Crippen MR) is 380 cm³/mol. The number of allylic oxidation sites excluding steroid dienone is 4. The third kappa shape index (κ3) is 71.4. The maximum atomic E-state index is 12.5. The summed E-state index contributed by atoms with van der Waals surface area (Å²) in [5, 5.41) is 23.3. The van der Waals surface area contributed by atoms with Crippen LogP contribution < -0.4 is 5.32 Å². The van der Waals surface area contributed by atoms with Crippen molar-refractivity contribution in [3.05, 3.63) is 24.3 Å². The van der Waals surface area contributed by atoms with Crippen molar-refractivity contribution >= 4 is 11.9 Å². The molecular formula is C80H155NO5. The smallest absolute Gasteiger partial charge is 0.305 e. The Bertz CT molecular complexity index is 1350. The zero-order valence-corrected chi connectivity index (χ0v) is 58.6. The third-order valence-corrected chi connectivity index (χ3v) is 18.7. The quantitative estimate of drug-likeness (QED) is 0.0320. The second kappa shape index (κ2) is 75.8. The number of nitrogens with one attached hydrogen (secondary N) is 1. The largest absolute Gasteiger partial charge is 0.466 e. The Kier molecular flexibility index (Phi) is 74.3. The Balaban J connectivity index is 3.30. The molecule has 0 aliphatic rings. The lowest BCUT2D eigenvalue weighted by Gasteiger charge is -2.22. The van der Waals surface area contributed by atoms with E-state index in [0.717, 1.165) is 38.5 Å². The summed E-state index contributed by atoms with van der Waals surface area (Å²) < 4.78 is 5.52. The van der Waals surface area contributed by atoms with Gasteiger partial charge in [-0.25, -0.2) is 0 Å². The molecule has 0 aromatic carbocycles. The van der Waals surface area contributed by atoms with E-state index >= 15 is 0 Å². The lowest BCUT2D eigenvalue weighted by molar-refractivity contribution is -0.143. The van der Waals surface area contributed by atoms with E-state index in [-0.39, 0.29) is 18.5 Å². The van der Waals surface area contributed by atoms with E-state index in [1.54, 1.807) is 0 Å². The fourth-order valence-corrected chi connectivity index (χ4v) is 12.7. The van der Waals surface area contributed by atoms with Crippen molar-refractivity contribution in [3.63, 3.8) is 0 Å². The molecule has 0 aromatic heterocycles. The van der Waals surface area contributed by atoms with Gasteiger partial charge in [0.2, 0.25) is 5.91 Å². The lowest BCUT2D eigenvalue weighted by Crippen LogP contribution is -2.45. The molecule has 0 rings (SSSR count). The Morgan fingerprint density at radius 3 is 0.826 bits per heavy atom. The minimum atomic E-state index is -0.660. The second-order valence-electron chi connectivity index (χ2n) is 27.4. The van der Waals surface area contributed by atoms with E-state index in [9.17, 15) is 19.8 Å². The van der Waals surface area contributed by atoms with Gasteiger partial charge in [-0.15, -0.1) is 0 Å². The molecule has 0 bridgehead atoms. The molecule has 0 saturated carbocycles. The van der Waals surface area contributed by atoms with Gasteiger partial charge >= 0.3 is 5.97 Å². The van der Waals surface area contributed by atoms with E-state index in [1.807, 2.05) is 0 Å². The van der Waals surface area contributed by atoms with Crippen molar-refractivity contribution in [2.75, 3.05) is 13.2 Å². The highest BCUT2D eigenvalue weighted by Crippen LogP contribution is 2.20. The van der Waals surface area contributed by atoms with Crippen molar-refractivity contribution in [2.24, 2.45) is 0 Å². The molecule has 0 aliphatic carbocycles. The molecule has 0 aliphatic heterocycles. The summed E-state index contributed by atoms with van der Waals surface area (Å²) in [4.78, 5) is 24.6. The molecule has 0 spiro atoms. The number of rotatable bonds is 75. The van der Waals surface area contributed by atoms with Gasteiger partial charge < -0.3 is 20.3 Å². The van der Waals surface area contributed by atoms with Crippen LogP contribution in [0.1, 0.15) is 450 Å². The first-order valence-electron chi connectivity index (χ1n) is 39.6. The molecule has 510 valence electrons. The minimum Gasteiger partial charge on any atom is -0.466 e. The highest BCUT2D eigenvalue weighted by atomic mass is 16.5. The fraction of sp³-hybridized carbons (Fsp3) is 0.925. The molecule has 0 radical (unpaired) electrons. The molecule has 1 amide bonds. The summed E-state index contributed by atoms with van der Waals surface area (Å²) in [6.45, 7) is 4.99. The van der Waals surface area contributed by atoms with Gasteiger partial charge in [-0.1, -0.05) is 385 Å². The second-order valence-corrected chi connectivity index (χ2v) is 27.4. The minimum absolute atomic E-state index is 0.0219. The number of hydrogen-bond acceptors (Lipinski definition) is 5. The number of hydrogen-bond donors (Lipinski definition) is 3. The zero-order chi connectivity index (χ0) is 62.0. The topological polar surface area (TPSA) is 95.9 Å². The number of esters is 1. The molecule has 2 unspecified atom stereocenters. The van der Waals surface area contributed by atoms with Gasteiger partial charge in [0.25, 0.3) is 0 Å². The van der Waals surface area contributed by atoms with Crippen LogP contribution in [0.4, 0.5) is 0 Å². The van der Waals surface area contributed by atoms with Crippen LogP contribution in [-0.4, -0.2) is 47.4 Å². The maximum absolute atomic E-state index is 12.5. The number of aliphatic hydroxyl groups excluding tert-OH is 2. The highest BCUT2D eigenvalue weighted by molar-refractivity contribution is 5.76. The van der Waals surface area contributed by atoms with Gasteiger partial charge in [-0.3, -0.25) is 9.59 Å². The van der Waals surface area contributed by atoms with E-state index < -0.39 is 12.1 Å². The highest BCUT2D eigenvalue weighted by Gasteiger charge is 2.20. The van der Waals surface area contributed by atoms with Crippen LogP contribution >= 0.6 is 0 Å². The van der Waals surface area contributed by atoms with Crippen molar-refractivity contribution in [2.45, 2.75) is 463 Å². The molecule has 2 atom stereocenters. The van der Waals surface area contributed by atoms with Crippen LogP contribution in [0.25, 0.3) is 0 Å². The van der Waals surface area contributed by atoms with Crippen LogP contribution in [0, 0.1) is 0 Å². The van der Waals surface area contributed by atoms with E-state index in [0.29, 0.717) is 25.9 Å². The predicted octanol–water partition coefficient (Wildman–Crippen LogP) is 26.0. The molecule has 6 heteroatoms. The summed E-state index contributed by atoms with van der Waals surface area (Å²) in [5.41, 5.74) is 0. The van der Waals surface area contributed by atoms with Crippen molar-refractivity contribution in [1.29, 1.82) is 0 Å². The molecule has 3 N–H and O–H groups in total. The molecule has 0 saturated heterocycles. The van der Waals surface area contributed by atoms with Gasteiger partial charge in [0.1, 0.15) is 0 Å². The van der Waals surface area contributed by atoms with E-state index in [1.165, 1.54) is 379 Å². The molecular weight excluding hydrogens is 1050 g/mol. The zero-order valence-electron chi connectivity index (χ0n) is 58.6. The first-order chi connectivity index (χ1) is 42.5. The number of ether oxygens (including phenoxy) is 1. The van der Waals surface area contributed by atoms with Gasteiger partial charge in [0.15, 0.2) is 0 Å². The SMILES string of the molecule is CCCCCCCC/C=C\CCCCCCCCCCCC(=O)OCCCCCCCCCCCCCCCCCC/C=C\CCCCCCCCCCCCCCCCCCCC(=O)NC(CO)C(O)CCCCCCCCCCCCCCC. The normalized spacial score (nSPS) is 12.6. The Hall–Kier alpha value is -1.66. The van der Waals surface area contributed by atoms with E-state index in [4.69, 9.17) is 4.74 Å². The summed E-state index contributed by atoms with van der Waals surface area (Å²) >= 11 is 0. The van der Waals surface area contributed by atoms with Crippen LogP contribution in [0.3, 0.4) is 0 Å². The van der Waals surface area contributed by atoms with Crippen LogP contribution in [0.15, 0.2) is 24.3 Å². The molecule has 6 nitrogen and oxygen atoms in total. The first kappa shape index (κ1) is 84.3. The monoisotopic (exact) mass is 1210 g/mol. The third-order valence-electron chi connectivity index (χ3n) is 18.7. The Morgan fingerprint density at radius 1 is 0.314 bits per heavy atom. The number of carbonyl (C=O) groups is 2. The summed E-state index contributed by atoms with van der Waals surface area (Å²) in [6.07, 6.45) is 97.1. The van der Waals surface area contributed by atoms with Gasteiger partial charge in [0, 0.05) is 12.8 Å². The van der Waals surface area contributed by atoms with Crippen molar-refractivity contribution in [3.8, 4) is 0 Å². The van der Waals surface area contributed by atoms with E-state index in [2.05, 4.69) is 43.5 Å². The van der Waals surface area contributed by atoms with Crippen LogP contribution in [0.2, 0.25) is 0 Å². The van der Waals surface area contributed by atoms with Crippen molar-refractivity contribution in [1.82, 2.24) is 5.32 Å². The summed E-state index contributed by atoms with van der Waals surface area (Å²) in [7, 11) is 0. The number of unbranched alkanes of at least 4 members (excludes halogenated alkanes) is 60. The van der Waals surface area contributed by atoms with Gasteiger partial charge in [-0.2, -0.15) is 0 Å². The maximum Gasteiger partial charge on any atom is 0.305 e. The fourth-order valence-electron chi connectivity index (χ4n) is 12.7. The lowest BCUT2D eigenvalue weighted by atomic mass is 10.0. The standard InChI is InChI=1S/C80H155NO5/c1-3-5-7-9-11-13-15-17-18-19-39-43-46-50-54-58-62-66-70-74-80(85)86-75-71-67-63-59-55-51-47-44-41-38-36-34-32-30-28-26-24-22-20-21-23-25-27-29-31-33-35-37-40-42-45-49-53-57-61-65-69-73-79(84)81-77(76-82)78(83)72-68-64-60-56-52-48-16-14-12-10-8-6-4-2/h17-18,20,22,77-78,82-83H,3-16,19,21,23-76H2,1-2H3,(H,81,84)/b18-17-,22-20-. The van der Waals surface area contributed by atoms with Gasteiger partial charge in [0.05, 0.1) is 25.4 Å². The Morgan fingerprint density at radius 2 is 0.547 bits per heavy atom. The first-order valence-corrected chi connectivity index (χ1v) is 39.6. The summed E-state index contributed by atoms with van der Waals surface area (Å²) in [5.74, 6) is -0.00642. The Labute approximate surface area is 539 Å². The van der Waals surface area contributed by atoms with Crippen molar-refractivity contribution < 1.29 is 24.5 Å². The van der Waals surface area contributed by atoms with Crippen LogP contribution in [-0.2, 0) is 14.3 Å². The molecule has 0 fully saturated rings. The average molecular weight is 1210 g/mol. The van der Waals surface area contributed by atoms with Crippen LogP contribution in [0.5, 0.6) is 0 Å². The summed E-state index contributed by atoms with van der Waals surface area (Å²) in [6, 6.07) is -0.537. The molecule has 0 heterocycles. The molecule has 0 aromatic rings. The number of aliphatic hydroxyl groups is 2.